The van der Waals surface area contributed by atoms with Crippen LogP contribution in [0.2, 0.25) is 0 Å². The predicted octanol–water partition coefficient (Wildman–Crippen LogP) is 2.69. The lowest BCUT2D eigenvalue weighted by Crippen LogP contribution is -2.30. The normalized spacial score (nSPS) is 18.2. The third-order valence-corrected chi connectivity index (χ3v) is 5.15. The highest BCUT2D eigenvalue weighted by Gasteiger charge is 2.31. The smallest absolute Gasteiger partial charge is 0.255 e. The van der Waals surface area contributed by atoms with Crippen molar-refractivity contribution in [2.24, 2.45) is 5.73 Å². The number of ether oxygens (including phenoxy) is 3. The number of benzene rings is 2. The molecule has 1 atom stereocenters. The van der Waals surface area contributed by atoms with Gasteiger partial charge in [0.05, 0.1) is 19.3 Å². The summed E-state index contributed by atoms with van der Waals surface area (Å²) >= 11 is 0. The van der Waals surface area contributed by atoms with Crippen molar-refractivity contribution in [1.82, 2.24) is 4.90 Å². The van der Waals surface area contributed by atoms with E-state index in [4.69, 9.17) is 19.9 Å². The molecule has 2 aromatic carbocycles. The summed E-state index contributed by atoms with van der Waals surface area (Å²) in [6.45, 7) is 1.80. The Bertz CT molecular complexity index is 897. The van der Waals surface area contributed by atoms with Gasteiger partial charge >= 0.3 is 0 Å². The lowest BCUT2D eigenvalue weighted by Gasteiger charge is -2.26. The van der Waals surface area contributed by atoms with Crippen molar-refractivity contribution >= 4 is 11.8 Å². The zero-order valence-electron chi connectivity index (χ0n) is 16.1. The molecule has 7 heteroatoms. The van der Waals surface area contributed by atoms with E-state index in [1.54, 1.807) is 24.3 Å². The number of primary amides is 1. The Labute approximate surface area is 169 Å². The van der Waals surface area contributed by atoms with E-state index in [0.717, 1.165) is 36.3 Å². The van der Waals surface area contributed by atoms with Crippen LogP contribution in [0.25, 0.3) is 0 Å². The van der Waals surface area contributed by atoms with Gasteiger partial charge in [-0.3, -0.25) is 9.59 Å². The maximum atomic E-state index is 13.1. The Balaban J connectivity index is 1.50. The second-order valence-electron chi connectivity index (χ2n) is 7.19. The minimum absolute atomic E-state index is 0.00504. The monoisotopic (exact) mass is 396 g/mol. The minimum Gasteiger partial charge on any atom is -0.490 e. The van der Waals surface area contributed by atoms with Gasteiger partial charge in [-0.15, -0.1) is 0 Å². The Morgan fingerprint density at radius 1 is 1.03 bits per heavy atom. The number of hydrogen-bond donors (Lipinski definition) is 1. The van der Waals surface area contributed by atoms with Crippen molar-refractivity contribution in [3.8, 4) is 17.2 Å². The molecule has 1 unspecified atom stereocenters. The van der Waals surface area contributed by atoms with E-state index in [-0.39, 0.29) is 18.6 Å². The van der Waals surface area contributed by atoms with E-state index in [2.05, 4.69) is 0 Å². The molecule has 0 aromatic heterocycles. The van der Waals surface area contributed by atoms with Gasteiger partial charge in [-0.1, -0.05) is 6.07 Å². The molecule has 2 heterocycles. The molecule has 152 valence electrons. The number of hydrogen-bond acceptors (Lipinski definition) is 5. The predicted molar refractivity (Wildman–Crippen MR) is 106 cm³/mol. The van der Waals surface area contributed by atoms with E-state index >= 15 is 0 Å². The van der Waals surface area contributed by atoms with Gasteiger partial charge in [0.25, 0.3) is 11.8 Å². The van der Waals surface area contributed by atoms with Crippen LogP contribution in [0.3, 0.4) is 0 Å². The molecule has 29 heavy (non-hydrogen) atoms. The molecule has 2 aliphatic heterocycles. The average Bonchev–Trinajstić information content (AvgIpc) is 3.10. The first-order chi connectivity index (χ1) is 14.1. The molecular weight excluding hydrogens is 372 g/mol. The summed E-state index contributed by atoms with van der Waals surface area (Å²) in [5, 5.41) is 0. The molecule has 1 saturated heterocycles. The number of amides is 2. The van der Waals surface area contributed by atoms with Crippen molar-refractivity contribution in [2.45, 2.75) is 25.3 Å². The molecule has 0 aliphatic carbocycles. The van der Waals surface area contributed by atoms with Crippen molar-refractivity contribution in [2.75, 3.05) is 26.4 Å². The molecule has 2 aliphatic rings. The van der Waals surface area contributed by atoms with Crippen LogP contribution in [0.15, 0.2) is 42.5 Å². The summed E-state index contributed by atoms with van der Waals surface area (Å²) in [5.74, 6) is 1.44. The molecule has 0 bridgehead atoms. The minimum atomic E-state index is -0.541. The van der Waals surface area contributed by atoms with Crippen molar-refractivity contribution in [1.29, 1.82) is 0 Å². The van der Waals surface area contributed by atoms with Crippen LogP contribution >= 0.6 is 0 Å². The zero-order chi connectivity index (χ0) is 20.2. The molecule has 2 amide bonds. The summed E-state index contributed by atoms with van der Waals surface area (Å²) in [6, 6.07) is 12.7. The Kier molecular flexibility index (Phi) is 5.55. The van der Waals surface area contributed by atoms with Crippen LogP contribution in [0.5, 0.6) is 17.2 Å². The molecule has 1 fully saturated rings. The fourth-order valence-corrected chi connectivity index (χ4v) is 3.76. The molecule has 4 rings (SSSR count). The SMILES string of the molecule is NC(=O)COc1ccc(C(=O)N2CCCC2c2ccc3c(c2)OCCCO3)cc1. The number of nitrogens with two attached hydrogens (primary N) is 1. The van der Waals surface area contributed by atoms with Crippen LogP contribution < -0.4 is 19.9 Å². The second-order valence-corrected chi connectivity index (χ2v) is 7.19. The lowest BCUT2D eigenvalue weighted by molar-refractivity contribution is -0.119. The van der Waals surface area contributed by atoms with E-state index < -0.39 is 5.91 Å². The van der Waals surface area contributed by atoms with E-state index in [1.165, 1.54) is 0 Å². The number of nitrogens with zero attached hydrogens (tertiary/aromatic N) is 1. The average molecular weight is 396 g/mol. The van der Waals surface area contributed by atoms with Gasteiger partial charge in [-0.2, -0.15) is 0 Å². The zero-order valence-corrected chi connectivity index (χ0v) is 16.1. The summed E-state index contributed by atoms with van der Waals surface area (Å²) in [5.41, 5.74) is 6.72. The van der Waals surface area contributed by atoms with Crippen LogP contribution in [-0.4, -0.2) is 43.1 Å². The Morgan fingerprint density at radius 2 is 1.79 bits per heavy atom. The number of carbonyl (C=O) groups is 2. The summed E-state index contributed by atoms with van der Waals surface area (Å²) in [7, 11) is 0. The first-order valence-electron chi connectivity index (χ1n) is 9.83. The molecule has 2 N–H and O–H groups in total. The van der Waals surface area contributed by atoms with Gasteiger partial charge in [0, 0.05) is 18.5 Å². The van der Waals surface area contributed by atoms with Gasteiger partial charge < -0.3 is 24.8 Å². The fraction of sp³-hybridized carbons (Fsp3) is 0.364. The standard InChI is InChI=1S/C22H24N2O5/c23-21(25)14-29-17-7-4-15(5-8-17)22(26)24-10-1-3-18(24)16-6-9-19-20(13-16)28-12-2-11-27-19/h4-9,13,18H,1-3,10-12,14H2,(H2,23,25). The summed E-state index contributed by atoms with van der Waals surface area (Å²) in [4.78, 5) is 25.8. The quantitative estimate of drug-likeness (QED) is 0.839. The lowest BCUT2D eigenvalue weighted by atomic mass is 10.0. The van der Waals surface area contributed by atoms with Gasteiger partial charge in [0.2, 0.25) is 0 Å². The topological polar surface area (TPSA) is 91.1 Å². The van der Waals surface area contributed by atoms with Gasteiger partial charge in [-0.25, -0.2) is 0 Å². The molecular formula is C22H24N2O5. The highest BCUT2D eigenvalue weighted by Crippen LogP contribution is 2.38. The number of rotatable bonds is 5. The molecule has 0 spiro atoms. The first kappa shape index (κ1) is 19.1. The van der Waals surface area contributed by atoms with E-state index in [1.807, 2.05) is 23.1 Å². The maximum absolute atomic E-state index is 13.1. The fourth-order valence-electron chi connectivity index (χ4n) is 3.76. The molecule has 0 saturated carbocycles. The highest BCUT2D eigenvalue weighted by atomic mass is 16.5. The molecule has 2 aromatic rings. The van der Waals surface area contributed by atoms with Crippen LogP contribution in [0.4, 0.5) is 0 Å². The molecule has 0 radical (unpaired) electrons. The third-order valence-electron chi connectivity index (χ3n) is 5.15. The Morgan fingerprint density at radius 3 is 2.55 bits per heavy atom. The number of carbonyl (C=O) groups excluding carboxylic acids is 2. The van der Waals surface area contributed by atoms with Crippen LogP contribution in [0, 0.1) is 0 Å². The van der Waals surface area contributed by atoms with Gasteiger partial charge in [0.1, 0.15) is 5.75 Å². The van der Waals surface area contributed by atoms with Crippen molar-refractivity contribution in [3.63, 3.8) is 0 Å². The van der Waals surface area contributed by atoms with E-state index in [9.17, 15) is 9.59 Å². The number of likely N-dealkylation sites (tertiary alicyclic amines) is 1. The summed E-state index contributed by atoms with van der Waals surface area (Å²) < 4.78 is 16.8. The molecule has 7 nitrogen and oxygen atoms in total. The largest absolute Gasteiger partial charge is 0.490 e. The highest BCUT2D eigenvalue weighted by molar-refractivity contribution is 5.94. The third kappa shape index (κ3) is 4.29. The van der Waals surface area contributed by atoms with Crippen LogP contribution in [-0.2, 0) is 4.79 Å². The van der Waals surface area contributed by atoms with E-state index in [0.29, 0.717) is 31.1 Å². The van der Waals surface area contributed by atoms with Crippen LogP contribution in [0.1, 0.15) is 41.2 Å². The maximum Gasteiger partial charge on any atom is 0.255 e. The number of fused-ring (bicyclic) bond motifs is 1. The van der Waals surface area contributed by atoms with Crippen molar-refractivity contribution in [3.05, 3.63) is 53.6 Å². The second kappa shape index (κ2) is 8.43. The first-order valence-corrected chi connectivity index (χ1v) is 9.83. The van der Waals surface area contributed by atoms with Gasteiger partial charge in [-0.05, 0) is 54.8 Å². The summed E-state index contributed by atoms with van der Waals surface area (Å²) in [6.07, 6.45) is 2.72. The van der Waals surface area contributed by atoms with Gasteiger partial charge in [0.15, 0.2) is 18.1 Å². The Hall–Kier alpha value is -3.22. The van der Waals surface area contributed by atoms with Crippen molar-refractivity contribution < 1.29 is 23.8 Å².